The number of halogens is 1. The van der Waals surface area contributed by atoms with Gasteiger partial charge in [0, 0.05) is 24.4 Å². The number of carbonyl (C=O) groups excluding carboxylic acids is 1. The quantitative estimate of drug-likeness (QED) is 0.258. The average Bonchev–Trinajstić information content (AvgIpc) is 2.63. The lowest BCUT2D eigenvalue weighted by molar-refractivity contribution is -0.122. The zero-order chi connectivity index (χ0) is 19.4. The number of rotatable bonds is 10. The van der Waals surface area contributed by atoms with Crippen molar-refractivity contribution in [2.24, 2.45) is 4.99 Å². The van der Waals surface area contributed by atoms with Gasteiger partial charge in [-0.25, -0.2) is 4.99 Å². The maximum Gasteiger partial charge on any atom is 0.257 e. The van der Waals surface area contributed by atoms with Crippen LogP contribution in [0.5, 0.6) is 5.75 Å². The number of nitrogens with zero attached hydrogens (tertiary/aromatic N) is 1. The van der Waals surface area contributed by atoms with E-state index in [1.807, 2.05) is 49.9 Å². The van der Waals surface area contributed by atoms with Crippen LogP contribution >= 0.6 is 35.7 Å². The Bertz CT molecular complexity index is 597. The van der Waals surface area contributed by atoms with Gasteiger partial charge in [0.15, 0.2) is 12.6 Å². The lowest BCUT2D eigenvalue weighted by atomic mass is 10.2. The maximum absolute atomic E-state index is 11.5. The highest BCUT2D eigenvalue weighted by molar-refractivity contribution is 14.0. The smallest absolute Gasteiger partial charge is 0.257 e. The third kappa shape index (κ3) is 11.3. The molecule has 0 aliphatic rings. The highest BCUT2D eigenvalue weighted by Gasteiger charge is 2.16. The molecule has 27 heavy (non-hydrogen) atoms. The zero-order valence-corrected chi connectivity index (χ0v) is 20.1. The fraction of sp³-hybridized carbons (Fsp3) is 0.579. The van der Waals surface area contributed by atoms with E-state index < -0.39 is 0 Å². The molecule has 3 N–H and O–H groups in total. The molecule has 154 valence electrons. The largest absolute Gasteiger partial charge is 0.484 e. The number of hydrogen-bond acceptors (Lipinski definition) is 4. The van der Waals surface area contributed by atoms with Gasteiger partial charge in [-0.15, -0.1) is 24.0 Å². The molecule has 0 aliphatic carbocycles. The third-order valence-corrected chi connectivity index (χ3v) is 4.89. The molecule has 1 rings (SSSR count). The molecule has 0 unspecified atom stereocenters. The number of nitrogens with one attached hydrogen (secondary N) is 3. The number of likely N-dealkylation sites (N-methyl/N-ethyl adjacent to an activating group) is 1. The van der Waals surface area contributed by atoms with E-state index >= 15 is 0 Å². The average molecular weight is 508 g/mol. The number of aliphatic imine (C=N–C) groups is 1. The molecule has 0 bridgehead atoms. The molecular weight excluding hydrogens is 475 g/mol. The van der Waals surface area contributed by atoms with Crippen LogP contribution in [0.25, 0.3) is 0 Å². The van der Waals surface area contributed by atoms with E-state index in [-0.39, 0.29) is 41.2 Å². The minimum Gasteiger partial charge on any atom is -0.484 e. The molecule has 0 aromatic heterocycles. The number of amides is 1. The fourth-order valence-electron chi connectivity index (χ4n) is 2.01. The van der Waals surface area contributed by atoms with E-state index in [0.29, 0.717) is 18.8 Å². The molecule has 0 saturated heterocycles. The van der Waals surface area contributed by atoms with Crippen molar-refractivity contribution in [2.45, 2.75) is 39.0 Å². The third-order valence-electron chi connectivity index (χ3n) is 3.64. The molecule has 0 atom stereocenters. The molecule has 0 heterocycles. The second kappa shape index (κ2) is 13.9. The van der Waals surface area contributed by atoms with Crippen molar-refractivity contribution in [1.82, 2.24) is 16.0 Å². The Hall–Kier alpha value is -1.16. The Labute approximate surface area is 184 Å². The van der Waals surface area contributed by atoms with Crippen molar-refractivity contribution in [3.8, 4) is 5.75 Å². The Morgan fingerprint density at radius 1 is 1.19 bits per heavy atom. The summed E-state index contributed by atoms with van der Waals surface area (Å²) in [5.74, 6) is 1.35. The summed E-state index contributed by atoms with van der Waals surface area (Å²) in [7, 11) is 0. The second-order valence-corrected chi connectivity index (χ2v) is 7.92. The normalized spacial score (nSPS) is 11.4. The van der Waals surface area contributed by atoms with E-state index in [0.717, 1.165) is 24.6 Å². The number of guanidine groups is 1. The summed E-state index contributed by atoms with van der Waals surface area (Å²) in [6.07, 6.45) is 2.11. The Morgan fingerprint density at radius 2 is 1.89 bits per heavy atom. The molecule has 0 saturated carbocycles. The number of ether oxygens (including phenoxy) is 1. The zero-order valence-electron chi connectivity index (χ0n) is 16.9. The van der Waals surface area contributed by atoms with E-state index in [2.05, 4.69) is 41.0 Å². The van der Waals surface area contributed by atoms with Crippen LogP contribution in [0, 0.1) is 0 Å². The van der Waals surface area contributed by atoms with Crippen LogP contribution in [-0.2, 0) is 11.3 Å². The predicted octanol–water partition coefficient (Wildman–Crippen LogP) is 3.02. The summed E-state index contributed by atoms with van der Waals surface area (Å²) in [6, 6.07) is 7.67. The Morgan fingerprint density at radius 3 is 2.52 bits per heavy atom. The van der Waals surface area contributed by atoms with Gasteiger partial charge in [-0.05, 0) is 51.6 Å². The predicted molar refractivity (Wildman–Crippen MR) is 126 cm³/mol. The van der Waals surface area contributed by atoms with Crippen molar-refractivity contribution in [3.05, 3.63) is 29.8 Å². The van der Waals surface area contributed by atoms with Gasteiger partial charge >= 0.3 is 0 Å². The van der Waals surface area contributed by atoms with Gasteiger partial charge in [0.1, 0.15) is 5.75 Å². The summed E-state index contributed by atoms with van der Waals surface area (Å²) in [5, 5.41) is 9.36. The van der Waals surface area contributed by atoms with Gasteiger partial charge in [-0.3, -0.25) is 4.79 Å². The van der Waals surface area contributed by atoms with Crippen LogP contribution in [0.4, 0.5) is 0 Å². The van der Waals surface area contributed by atoms with Crippen LogP contribution in [0.1, 0.15) is 33.3 Å². The van der Waals surface area contributed by atoms with Gasteiger partial charge in [0.25, 0.3) is 5.91 Å². The molecule has 0 fully saturated rings. The van der Waals surface area contributed by atoms with Crippen molar-refractivity contribution in [3.63, 3.8) is 0 Å². The first-order chi connectivity index (χ1) is 12.4. The summed E-state index contributed by atoms with van der Waals surface area (Å²) >= 11 is 1.82. The molecule has 1 aromatic rings. The van der Waals surface area contributed by atoms with E-state index in [4.69, 9.17) is 4.74 Å². The van der Waals surface area contributed by atoms with Crippen molar-refractivity contribution >= 4 is 47.6 Å². The topological polar surface area (TPSA) is 74.8 Å². The van der Waals surface area contributed by atoms with Crippen LogP contribution in [-0.4, -0.2) is 49.1 Å². The first-order valence-electron chi connectivity index (χ1n) is 8.96. The fourth-order valence-corrected chi connectivity index (χ4v) is 2.23. The molecular formula is C19H33IN4O2S. The first kappa shape index (κ1) is 25.8. The number of hydrogen-bond donors (Lipinski definition) is 3. The highest BCUT2D eigenvalue weighted by atomic mass is 127. The highest BCUT2D eigenvalue weighted by Crippen LogP contribution is 2.19. The molecule has 1 aromatic carbocycles. The minimum absolute atomic E-state index is 0. The Kier molecular flexibility index (Phi) is 13.3. The Balaban J connectivity index is 0.00000676. The van der Waals surface area contributed by atoms with Gasteiger partial charge < -0.3 is 20.7 Å². The standard InChI is InChI=1S/C19H32N4O2S.HI/c1-6-20-17(24)13-25-16-10-8-9-15(11-16)12-22-18(21-7-2)23-14-19(3,4)26-5;/h8-11H,6-7,12-14H2,1-5H3,(H,20,24)(H2,21,22,23);1H. The van der Waals surface area contributed by atoms with Gasteiger partial charge in [0.05, 0.1) is 6.54 Å². The monoisotopic (exact) mass is 508 g/mol. The van der Waals surface area contributed by atoms with E-state index in [1.165, 1.54) is 0 Å². The van der Waals surface area contributed by atoms with Crippen LogP contribution in [0.15, 0.2) is 29.3 Å². The summed E-state index contributed by atoms with van der Waals surface area (Å²) in [6.45, 7) is 11.1. The number of benzene rings is 1. The van der Waals surface area contributed by atoms with Crippen LogP contribution < -0.4 is 20.7 Å². The van der Waals surface area contributed by atoms with Crippen molar-refractivity contribution in [1.29, 1.82) is 0 Å². The van der Waals surface area contributed by atoms with Crippen molar-refractivity contribution in [2.75, 3.05) is 32.5 Å². The van der Waals surface area contributed by atoms with Crippen LogP contribution in [0.2, 0.25) is 0 Å². The molecule has 0 spiro atoms. The first-order valence-corrected chi connectivity index (χ1v) is 10.2. The lowest BCUT2D eigenvalue weighted by Gasteiger charge is -2.23. The second-order valence-electron chi connectivity index (χ2n) is 6.40. The van der Waals surface area contributed by atoms with Gasteiger partial charge in [0.2, 0.25) is 0 Å². The maximum atomic E-state index is 11.5. The molecule has 1 amide bonds. The summed E-state index contributed by atoms with van der Waals surface area (Å²) in [5.41, 5.74) is 1.03. The van der Waals surface area contributed by atoms with Gasteiger partial charge in [-0.1, -0.05) is 12.1 Å². The number of thioether (sulfide) groups is 1. The molecule has 0 radical (unpaired) electrons. The summed E-state index contributed by atoms with van der Waals surface area (Å²) in [4.78, 5) is 16.1. The number of carbonyl (C=O) groups is 1. The minimum atomic E-state index is -0.119. The molecule has 0 aliphatic heterocycles. The van der Waals surface area contributed by atoms with E-state index in [1.54, 1.807) is 0 Å². The lowest BCUT2D eigenvalue weighted by Crippen LogP contribution is -2.43. The van der Waals surface area contributed by atoms with Crippen molar-refractivity contribution < 1.29 is 9.53 Å². The molecule has 8 heteroatoms. The van der Waals surface area contributed by atoms with Gasteiger partial charge in [-0.2, -0.15) is 11.8 Å². The SMILES string of the molecule is CCNC(=O)COc1cccc(CN=C(NCC)NCC(C)(C)SC)c1.I. The van der Waals surface area contributed by atoms with Crippen LogP contribution in [0.3, 0.4) is 0 Å². The van der Waals surface area contributed by atoms with E-state index in [9.17, 15) is 4.79 Å². The molecule has 6 nitrogen and oxygen atoms in total. The summed E-state index contributed by atoms with van der Waals surface area (Å²) < 4.78 is 5.67.